The van der Waals surface area contributed by atoms with E-state index in [0.717, 1.165) is 24.2 Å². The largest absolute Gasteiger partial charge is 0.496 e. The number of para-hydroxylation sites is 1. The number of piperazine rings is 1. The van der Waals surface area contributed by atoms with Crippen LogP contribution in [-0.2, 0) is 14.0 Å². The van der Waals surface area contributed by atoms with Crippen LogP contribution in [0.1, 0.15) is 54.0 Å². The summed E-state index contributed by atoms with van der Waals surface area (Å²) in [6.07, 6.45) is -0.242. The topological polar surface area (TPSA) is 51.2 Å². The fourth-order valence-corrected chi connectivity index (χ4v) is 3.71. The Morgan fingerprint density at radius 2 is 1.59 bits per heavy atom. The average Bonchev–Trinajstić information content (AvgIpc) is 2.81. The second kappa shape index (κ2) is 7.51. The summed E-state index contributed by atoms with van der Waals surface area (Å²) in [5, 5.41) is 0. The van der Waals surface area contributed by atoms with E-state index in [4.69, 9.17) is 14.0 Å². The molecule has 1 amide bonds. The van der Waals surface area contributed by atoms with Crippen LogP contribution in [0.5, 0.6) is 0 Å². The summed E-state index contributed by atoms with van der Waals surface area (Å²) in [5.74, 6) is 0. The molecule has 0 aromatic heterocycles. The molecule has 160 valence electrons. The van der Waals surface area contributed by atoms with E-state index in [-0.39, 0.29) is 17.3 Å². The number of amides is 1. The van der Waals surface area contributed by atoms with E-state index in [0.29, 0.717) is 13.1 Å². The summed E-state index contributed by atoms with van der Waals surface area (Å²) in [6, 6.07) is 6.26. The van der Waals surface area contributed by atoms with Gasteiger partial charge in [-0.3, -0.25) is 0 Å². The molecule has 2 saturated heterocycles. The van der Waals surface area contributed by atoms with E-state index >= 15 is 0 Å². The first kappa shape index (κ1) is 22.0. The zero-order valence-electron chi connectivity index (χ0n) is 19.2. The molecule has 2 fully saturated rings. The van der Waals surface area contributed by atoms with Crippen molar-refractivity contribution in [3.05, 3.63) is 23.8 Å². The van der Waals surface area contributed by atoms with Crippen LogP contribution in [0.25, 0.3) is 0 Å². The molecular weight excluding hydrogens is 367 g/mol. The summed E-state index contributed by atoms with van der Waals surface area (Å²) in [6.45, 7) is 18.8. The van der Waals surface area contributed by atoms with Crippen molar-refractivity contribution in [3.63, 3.8) is 0 Å². The third-order valence-corrected chi connectivity index (χ3v) is 6.02. The third kappa shape index (κ3) is 4.56. The average molecular weight is 402 g/mol. The van der Waals surface area contributed by atoms with Gasteiger partial charge in [0, 0.05) is 37.3 Å². The Kier molecular flexibility index (Phi) is 5.69. The van der Waals surface area contributed by atoms with Crippen molar-refractivity contribution < 1.29 is 18.8 Å². The molecule has 0 spiro atoms. The van der Waals surface area contributed by atoms with Gasteiger partial charge < -0.3 is 23.8 Å². The summed E-state index contributed by atoms with van der Waals surface area (Å²) in [4.78, 5) is 16.5. The number of aryl methyl sites for hydroxylation is 1. The summed E-state index contributed by atoms with van der Waals surface area (Å²) < 4.78 is 18.2. The summed E-state index contributed by atoms with van der Waals surface area (Å²) >= 11 is 0. The predicted octanol–water partition coefficient (Wildman–Crippen LogP) is 3.35. The first-order valence-corrected chi connectivity index (χ1v) is 10.5. The molecule has 2 aliphatic heterocycles. The van der Waals surface area contributed by atoms with Gasteiger partial charge in [-0.25, -0.2) is 4.79 Å². The number of anilines is 1. The number of ether oxygens (including phenoxy) is 1. The lowest BCUT2D eigenvalue weighted by Crippen LogP contribution is -2.52. The smallest absolute Gasteiger partial charge is 0.444 e. The Hall–Kier alpha value is -1.73. The minimum Gasteiger partial charge on any atom is -0.444 e. The van der Waals surface area contributed by atoms with Gasteiger partial charge in [0.1, 0.15) is 5.60 Å². The normalized spacial score (nSPS) is 21.4. The lowest BCUT2D eigenvalue weighted by molar-refractivity contribution is 0.00578. The number of hydrogen-bond donors (Lipinski definition) is 0. The zero-order valence-corrected chi connectivity index (χ0v) is 19.2. The van der Waals surface area contributed by atoms with E-state index in [1.165, 1.54) is 5.56 Å². The Labute approximate surface area is 175 Å². The van der Waals surface area contributed by atoms with Gasteiger partial charge in [0.15, 0.2) is 0 Å². The number of rotatable bonds is 2. The van der Waals surface area contributed by atoms with Gasteiger partial charge in [-0.15, -0.1) is 0 Å². The fourth-order valence-electron chi connectivity index (χ4n) is 3.71. The highest BCUT2D eigenvalue weighted by atomic mass is 16.7. The zero-order chi connectivity index (χ0) is 21.6. The monoisotopic (exact) mass is 402 g/mol. The van der Waals surface area contributed by atoms with Gasteiger partial charge >= 0.3 is 13.2 Å². The van der Waals surface area contributed by atoms with Gasteiger partial charge in [0.05, 0.1) is 11.2 Å². The van der Waals surface area contributed by atoms with Gasteiger partial charge in [0.2, 0.25) is 0 Å². The van der Waals surface area contributed by atoms with Crippen LogP contribution in [0, 0.1) is 6.92 Å². The molecule has 0 unspecified atom stereocenters. The molecule has 2 aliphatic rings. The Morgan fingerprint density at radius 3 is 2.10 bits per heavy atom. The van der Waals surface area contributed by atoms with E-state index in [1.807, 2.05) is 20.8 Å². The van der Waals surface area contributed by atoms with Crippen LogP contribution >= 0.6 is 0 Å². The van der Waals surface area contributed by atoms with Crippen LogP contribution in [-0.4, -0.2) is 61.1 Å². The summed E-state index contributed by atoms with van der Waals surface area (Å²) in [5.41, 5.74) is 2.14. The number of carbonyl (C=O) groups excluding carboxylic acids is 1. The van der Waals surface area contributed by atoms with Crippen molar-refractivity contribution in [3.8, 4) is 0 Å². The fraction of sp³-hybridized carbons (Fsp3) is 0.682. The molecule has 7 heteroatoms. The predicted molar refractivity (Wildman–Crippen MR) is 117 cm³/mol. The van der Waals surface area contributed by atoms with Crippen molar-refractivity contribution in [2.75, 3.05) is 31.1 Å². The van der Waals surface area contributed by atoms with Crippen LogP contribution in [0.3, 0.4) is 0 Å². The lowest BCUT2D eigenvalue weighted by Gasteiger charge is -2.38. The Morgan fingerprint density at radius 1 is 1.03 bits per heavy atom. The van der Waals surface area contributed by atoms with E-state index in [2.05, 4.69) is 57.7 Å². The first-order valence-electron chi connectivity index (χ1n) is 10.5. The first-order chi connectivity index (χ1) is 13.3. The van der Waals surface area contributed by atoms with Crippen molar-refractivity contribution in [2.45, 2.75) is 72.2 Å². The van der Waals surface area contributed by atoms with E-state index in [1.54, 1.807) is 4.90 Å². The number of carbonyl (C=O) groups is 1. The lowest BCUT2D eigenvalue weighted by atomic mass is 9.76. The van der Waals surface area contributed by atoms with Gasteiger partial charge in [-0.05, 0) is 61.0 Å². The van der Waals surface area contributed by atoms with Crippen molar-refractivity contribution in [1.29, 1.82) is 0 Å². The maximum absolute atomic E-state index is 12.4. The highest BCUT2D eigenvalue weighted by Gasteiger charge is 2.52. The SMILES string of the molecule is Cc1cccc(B2OC(C)(C)C(C)(C)O2)c1N1CCN(C(=O)OC(C)(C)C)CC1. The molecule has 0 aliphatic carbocycles. The molecule has 2 heterocycles. The molecule has 6 nitrogen and oxygen atoms in total. The molecule has 1 aromatic carbocycles. The maximum atomic E-state index is 12.4. The molecule has 0 saturated carbocycles. The Bertz CT molecular complexity index is 749. The van der Waals surface area contributed by atoms with Crippen molar-refractivity contribution >= 4 is 24.4 Å². The number of benzene rings is 1. The van der Waals surface area contributed by atoms with Crippen LogP contribution in [0.2, 0.25) is 0 Å². The van der Waals surface area contributed by atoms with Crippen LogP contribution in [0.15, 0.2) is 18.2 Å². The number of hydrogen-bond acceptors (Lipinski definition) is 5. The minimum atomic E-state index is -0.478. The standard InChI is InChI=1S/C22H35BN2O4/c1-16-10-9-11-17(23-28-21(5,6)22(7,8)29-23)18(16)24-12-14-25(15-13-24)19(26)27-20(2,3)4/h9-11H,12-15H2,1-8H3. The van der Waals surface area contributed by atoms with Crippen LogP contribution < -0.4 is 10.4 Å². The number of nitrogens with zero attached hydrogens (tertiary/aromatic N) is 2. The minimum absolute atomic E-state index is 0.242. The maximum Gasteiger partial charge on any atom is 0.496 e. The second-order valence-electron chi connectivity index (χ2n) is 10.1. The van der Waals surface area contributed by atoms with E-state index < -0.39 is 12.7 Å². The summed E-state index contributed by atoms with van der Waals surface area (Å²) in [7, 11) is -0.404. The molecule has 29 heavy (non-hydrogen) atoms. The van der Waals surface area contributed by atoms with Crippen molar-refractivity contribution in [2.24, 2.45) is 0 Å². The quantitative estimate of drug-likeness (QED) is 0.711. The Balaban J connectivity index is 1.77. The third-order valence-electron chi connectivity index (χ3n) is 6.02. The second-order valence-corrected chi connectivity index (χ2v) is 10.1. The van der Waals surface area contributed by atoms with E-state index in [9.17, 15) is 4.79 Å². The molecule has 3 rings (SSSR count). The van der Waals surface area contributed by atoms with Gasteiger partial charge in [-0.2, -0.15) is 0 Å². The molecular formula is C22H35BN2O4. The molecule has 1 aromatic rings. The molecule has 0 bridgehead atoms. The highest BCUT2D eigenvalue weighted by Crippen LogP contribution is 2.37. The highest BCUT2D eigenvalue weighted by molar-refractivity contribution is 6.64. The molecule has 0 radical (unpaired) electrons. The molecule has 0 atom stereocenters. The van der Waals surface area contributed by atoms with Crippen molar-refractivity contribution in [1.82, 2.24) is 4.90 Å². The molecule has 0 N–H and O–H groups in total. The van der Waals surface area contributed by atoms with Crippen LogP contribution in [0.4, 0.5) is 10.5 Å². The van der Waals surface area contributed by atoms with Gasteiger partial charge in [0.25, 0.3) is 0 Å². The van der Waals surface area contributed by atoms with Gasteiger partial charge in [-0.1, -0.05) is 18.2 Å².